The number of rotatable bonds is 9. The van der Waals surface area contributed by atoms with Crippen LogP contribution in [0.2, 0.25) is 0 Å². The van der Waals surface area contributed by atoms with Crippen molar-refractivity contribution in [2.75, 3.05) is 42.8 Å². The lowest BCUT2D eigenvalue weighted by atomic mass is 10.0. The number of carbonyl (C=O) groups is 2. The molecule has 4 N–H and O–H groups in total. The van der Waals surface area contributed by atoms with Gasteiger partial charge in [0, 0.05) is 42.2 Å². The van der Waals surface area contributed by atoms with E-state index < -0.39 is 0 Å². The maximum Gasteiger partial charge on any atom is 0.258 e. The van der Waals surface area contributed by atoms with Crippen molar-refractivity contribution in [2.24, 2.45) is 5.73 Å². The number of hydrogen-bond acceptors (Lipinski definition) is 6. The summed E-state index contributed by atoms with van der Waals surface area (Å²) in [5.41, 5.74) is 10.0. The molecule has 170 valence electrons. The van der Waals surface area contributed by atoms with Crippen molar-refractivity contribution < 1.29 is 19.1 Å². The molecule has 2 aromatic carbocycles. The van der Waals surface area contributed by atoms with Crippen molar-refractivity contribution in [1.29, 1.82) is 0 Å². The van der Waals surface area contributed by atoms with E-state index in [0.717, 1.165) is 29.1 Å². The lowest BCUT2D eigenvalue weighted by Gasteiger charge is -2.21. The molecule has 0 bridgehead atoms. The van der Waals surface area contributed by atoms with Crippen LogP contribution in [0, 0.1) is 0 Å². The molecule has 0 saturated heterocycles. The Labute approximate surface area is 188 Å². The van der Waals surface area contributed by atoms with Crippen LogP contribution < -0.4 is 30.7 Å². The molecule has 1 aliphatic rings. The topological polar surface area (TPSA) is 106 Å². The Morgan fingerprint density at radius 1 is 1.12 bits per heavy atom. The summed E-state index contributed by atoms with van der Waals surface area (Å²) in [6, 6.07) is 11.1. The summed E-state index contributed by atoms with van der Waals surface area (Å²) in [6.07, 6.45) is 1.35. The SMILES string of the molecule is CC/C(Nc1ccc(N(CCCN)C(C)=O)cc1)=C1/C(=O)Nc2cc(OC)c(OC)cc21. The van der Waals surface area contributed by atoms with Gasteiger partial charge in [-0.25, -0.2) is 0 Å². The Balaban J connectivity index is 1.91. The Kier molecular flexibility index (Phi) is 7.37. The first-order chi connectivity index (χ1) is 15.4. The van der Waals surface area contributed by atoms with Crippen LogP contribution in [0.15, 0.2) is 42.1 Å². The third-order valence-corrected chi connectivity index (χ3v) is 5.36. The fourth-order valence-corrected chi connectivity index (χ4v) is 3.74. The molecule has 0 fully saturated rings. The molecule has 8 nitrogen and oxygen atoms in total. The number of benzene rings is 2. The summed E-state index contributed by atoms with van der Waals surface area (Å²) >= 11 is 0. The van der Waals surface area contributed by atoms with Gasteiger partial charge in [-0.3, -0.25) is 9.59 Å². The number of methoxy groups -OCH3 is 2. The average molecular weight is 439 g/mol. The van der Waals surface area contributed by atoms with Gasteiger partial charge in [-0.2, -0.15) is 0 Å². The van der Waals surface area contributed by atoms with Crippen molar-refractivity contribution in [3.05, 3.63) is 47.7 Å². The Morgan fingerprint density at radius 3 is 2.34 bits per heavy atom. The number of nitrogens with zero attached hydrogens (tertiary/aromatic N) is 1. The van der Waals surface area contributed by atoms with Crippen LogP contribution in [0.25, 0.3) is 5.57 Å². The smallest absolute Gasteiger partial charge is 0.258 e. The second-order valence-corrected chi connectivity index (χ2v) is 7.40. The van der Waals surface area contributed by atoms with Gasteiger partial charge in [0.05, 0.1) is 25.5 Å². The summed E-state index contributed by atoms with van der Waals surface area (Å²) in [5.74, 6) is 0.904. The van der Waals surface area contributed by atoms with E-state index in [2.05, 4.69) is 10.6 Å². The summed E-state index contributed by atoms with van der Waals surface area (Å²) in [6.45, 7) is 4.63. The number of nitrogens with two attached hydrogens (primary N) is 1. The van der Waals surface area contributed by atoms with E-state index in [1.807, 2.05) is 37.3 Å². The first-order valence-electron chi connectivity index (χ1n) is 10.6. The molecule has 0 spiro atoms. The van der Waals surface area contributed by atoms with E-state index in [4.69, 9.17) is 15.2 Å². The fraction of sp³-hybridized carbons (Fsp3) is 0.333. The molecule has 32 heavy (non-hydrogen) atoms. The number of ether oxygens (including phenoxy) is 2. The van der Waals surface area contributed by atoms with Gasteiger partial charge in [-0.15, -0.1) is 0 Å². The van der Waals surface area contributed by atoms with E-state index in [9.17, 15) is 9.59 Å². The van der Waals surface area contributed by atoms with Gasteiger partial charge in [-0.05, 0) is 49.7 Å². The van der Waals surface area contributed by atoms with Gasteiger partial charge < -0.3 is 30.7 Å². The number of nitrogens with one attached hydrogen (secondary N) is 2. The van der Waals surface area contributed by atoms with Crippen molar-refractivity contribution in [3.8, 4) is 11.5 Å². The molecule has 1 heterocycles. The highest BCUT2D eigenvalue weighted by Crippen LogP contribution is 2.42. The van der Waals surface area contributed by atoms with Crippen molar-refractivity contribution >= 4 is 34.4 Å². The van der Waals surface area contributed by atoms with Gasteiger partial charge >= 0.3 is 0 Å². The first kappa shape index (κ1) is 23.1. The third kappa shape index (κ3) is 4.70. The van der Waals surface area contributed by atoms with Crippen LogP contribution in [0.4, 0.5) is 17.1 Å². The van der Waals surface area contributed by atoms with Crippen LogP contribution >= 0.6 is 0 Å². The van der Waals surface area contributed by atoms with E-state index in [0.29, 0.717) is 42.3 Å². The predicted molar refractivity (Wildman–Crippen MR) is 127 cm³/mol. The van der Waals surface area contributed by atoms with E-state index in [1.54, 1.807) is 32.1 Å². The van der Waals surface area contributed by atoms with Crippen LogP contribution in [-0.4, -0.2) is 39.1 Å². The number of anilines is 3. The van der Waals surface area contributed by atoms with Gasteiger partial charge in [-0.1, -0.05) is 6.92 Å². The molecule has 0 radical (unpaired) electrons. The maximum atomic E-state index is 12.8. The quantitative estimate of drug-likeness (QED) is 0.517. The van der Waals surface area contributed by atoms with Crippen molar-refractivity contribution in [3.63, 3.8) is 0 Å². The molecule has 3 rings (SSSR count). The Hall–Kier alpha value is -3.52. The normalized spacial score (nSPS) is 13.8. The fourth-order valence-electron chi connectivity index (χ4n) is 3.74. The molecule has 0 saturated carbocycles. The van der Waals surface area contributed by atoms with Crippen molar-refractivity contribution in [1.82, 2.24) is 0 Å². The molecule has 8 heteroatoms. The molecule has 0 aliphatic carbocycles. The first-order valence-corrected chi connectivity index (χ1v) is 10.6. The number of hydrogen-bond donors (Lipinski definition) is 3. The van der Waals surface area contributed by atoms with Crippen LogP contribution in [0.5, 0.6) is 11.5 Å². The Morgan fingerprint density at radius 2 is 1.78 bits per heavy atom. The van der Waals surface area contributed by atoms with Crippen LogP contribution in [0.3, 0.4) is 0 Å². The van der Waals surface area contributed by atoms with Gasteiger partial charge in [0.15, 0.2) is 11.5 Å². The largest absolute Gasteiger partial charge is 0.493 e. The summed E-state index contributed by atoms with van der Waals surface area (Å²) in [5, 5.41) is 6.27. The molecule has 0 atom stereocenters. The van der Waals surface area contributed by atoms with Crippen LogP contribution in [-0.2, 0) is 9.59 Å². The standard InChI is InChI=1S/C24H30N4O4/c1-5-19(23-18-13-21(31-3)22(32-4)14-20(18)27-24(23)30)26-16-7-9-17(10-8-16)28(15(2)29)12-6-11-25/h7-10,13-14,26H,5-6,11-12,25H2,1-4H3,(H,27,30)/b23-19-. The molecular formula is C24H30N4O4. The molecule has 2 aromatic rings. The van der Waals surface area contributed by atoms with Gasteiger partial charge in [0.25, 0.3) is 5.91 Å². The number of fused-ring (bicyclic) bond motifs is 1. The number of allylic oxidation sites excluding steroid dienone is 1. The van der Waals surface area contributed by atoms with E-state index >= 15 is 0 Å². The second kappa shape index (κ2) is 10.2. The zero-order chi connectivity index (χ0) is 23.3. The molecule has 2 amide bonds. The van der Waals surface area contributed by atoms with E-state index in [1.165, 1.54) is 0 Å². The third-order valence-electron chi connectivity index (χ3n) is 5.36. The van der Waals surface area contributed by atoms with Gasteiger partial charge in [0.1, 0.15) is 0 Å². The molecule has 0 aromatic heterocycles. The Bertz CT molecular complexity index is 1030. The summed E-state index contributed by atoms with van der Waals surface area (Å²) in [4.78, 5) is 26.5. The molecule has 1 aliphatic heterocycles. The highest BCUT2D eigenvalue weighted by Gasteiger charge is 2.29. The minimum Gasteiger partial charge on any atom is -0.493 e. The number of amides is 2. The lowest BCUT2D eigenvalue weighted by molar-refractivity contribution is -0.116. The zero-order valence-electron chi connectivity index (χ0n) is 19.0. The van der Waals surface area contributed by atoms with Crippen LogP contribution in [0.1, 0.15) is 32.3 Å². The monoisotopic (exact) mass is 438 g/mol. The lowest BCUT2D eigenvalue weighted by Crippen LogP contribution is -2.30. The number of carbonyl (C=O) groups excluding carboxylic acids is 2. The molecule has 0 unspecified atom stereocenters. The minimum absolute atomic E-state index is 0.0286. The maximum absolute atomic E-state index is 12.8. The minimum atomic E-state index is -0.180. The average Bonchev–Trinajstić information content (AvgIpc) is 3.11. The summed E-state index contributed by atoms with van der Waals surface area (Å²) < 4.78 is 10.8. The second-order valence-electron chi connectivity index (χ2n) is 7.40. The molecular weight excluding hydrogens is 408 g/mol. The summed E-state index contributed by atoms with van der Waals surface area (Å²) in [7, 11) is 3.12. The van der Waals surface area contributed by atoms with Crippen molar-refractivity contribution in [2.45, 2.75) is 26.7 Å². The van der Waals surface area contributed by atoms with Gasteiger partial charge in [0.2, 0.25) is 5.91 Å². The van der Waals surface area contributed by atoms with E-state index in [-0.39, 0.29) is 11.8 Å². The predicted octanol–water partition coefficient (Wildman–Crippen LogP) is 3.59. The highest BCUT2D eigenvalue weighted by atomic mass is 16.5. The zero-order valence-corrected chi connectivity index (χ0v) is 19.0. The highest BCUT2D eigenvalue weighted by molar-refractivity contribution is 6.32.